The number of aryl methyl sites for hydroxylation is 1. The van der Waals surface area contributed by atoms with E-state index in [1.54, 1.807) is 25.4 Å². The number of ether oxygens (including phenoxy) is 1. The van der Waals surface area contributed by atoms with Gasteiger partial charge in [-0.1, -0.05) is 0 Å². The molecule has 0 aliphatic rings. The van der Waals surface area contributed by atoms with Crippen molar-refractivity contribution in [1.29, 1.82) is 0 Å². The number of hydrogen-bond acceptors (Lipinski definition) is 6. The topological polar surface area (TPSA) is 98.5 Å². The first kappa shape index (κ1) is 16.0. The van der Waals surface area contributed by atoms with Crippen molar-refractivity contribution >= 4 is 15.9 Å². The van der Waals surface area contributed by atoms with Gasteiger partial charge >= 0.3 is 0 Å². The molecule has 1 aromatic heterocycles. The van der Waals surface area contributed by atoms with E-state index in [4.69, 9.17) is 9.15 Å². The van der Waals surface area contributed by atoms with Gasteiger partial charge in [-0.2, -0.15) is 0 Å². The fourth-order valence-corrected chi connectivity index (χ4v) is 2.31. The van der Waals surface area contributed by atoms with E-state index in [0.717, 1.165) is 17.6 Å². The largest absolute Gasteiger partial charge is 0.497 e. The van der Waals surface area contributed by atoms with Gasteiger partial charge in [0.1, 0.15) is 5.75 Å². The molecule has 0 bridgehead atoms. The van der Waals surface area contributed by atoms with Crippen LogP contribution in [0.25, 0.3) is 11.3 Å². The molecule has 0 saturated heterocycles. The van der Waals surface area contributed by atoms with Crippen molar-refractivity contribution in [1.82, 2.24) is 9.71 Å². The van der Waals surface area contributed by atoms with E-state index in [2.05, 4.69) is 4.98 Å². The minimum absolute atomic E-state index is 0.0182. The molecule has 7 nitrogen and oxygen atoms in total. The fraction of sp³-hybridized carbons (Fsp3) is 0.286. The van der Waals surface area contributed by atoms with Gasteiger partial charge in [-0.3, -0.25) is 9.52 Å². The lowest BCUT2D eigenvalue weighted by atomic mass is 10.2. The van der Waals surface area contributed by atoms with Gasteiger partial charge in [-0.05, 0) is 24.3 Å². The molecule has 0 fully saturated rings. The predicted octanol–water partition coefficient (Wildman–Crippen LogP) is 1.36. The van der Waals surface area contributed by atoms with E-state index < -0.39 is 15.9 Å². The molecule has 2 rings (SSSR count). The highest BCUT2D eigenvalue weighted by Gasteiger charge is 2.11. The van der Waals surface area contributed by atoms with E-state index in [1.807, 2.05) is 16.9 Å². The number of nitrogens with one attached hydrogen (secondary N) is 1. The van der Waals surface area contributed by atoms with Crippen molar-refractivity contribution in [3.8, 4) is 17.1 Å². The van der Waals surface area contributed by atoms with Crippen molar-refractivity contribution in [3.05, 3.63) is 36.4 Å². The van der Waals surface area contributed by atoms with Gasteiger partial charge in [0.15, 0.2) is 11.7 Å². The summed E-state index contributed by atoms with van der Waals surface area (Å²) >= 11 is 0. The molecule has 22 heavy (non-hydrogen) atoms. The molecule has 0 unspecified atom stereocenters. The molecule has 0 saturated carbocycles. The number of hydrogen-bond donors (Lipinski definition) is 1. The molecule has 118 valence electrons. The quantitative estimate of drug-likeness (QED) is 0.861. The van der Waals surface area contributed by atoms with Gasteiger partial charge in [0.2, 0.25) is 15.9 Å². The summed E-state index contributed by atoms with van der Waals surface area (Å²) in [5.74, 6) is 1.09. The Hall–Kier alpha value is -2.35. The van der Waals surface area contributed by atoms with Crippen molar-refractivity contribution in [2.75, 3.05) is 13.4 Å². The summed E-state index contributed by atoms with van der Waals surface area (Å²) in [6.07, 6.45) is 2.69. The zero-order valence-electron chi connectivity index (χ0n) is 12.2. The van der Waals surface area contributed by atoms with Gasteiger partial charge < -0.3 is 9.15 Å². The average Bonchev–Trinajstić information content (AvgIpc) is 2.92. The highest BCUT2D eigenvalue weighted by Crippen LogP contribution is 2.23. The molecule has 0 aliphatic carbocycles. The first-order chi connectivity index (χ1) is 10.4. The highest BCUT2D eigenvalue weighted by molar-refractivity contribution is 7.89. The minimum Gasteiger partial charge on any atom is -0.497 e. The van der Waals surface area contributed by atoms with Crippen LogP contribution in [0.4, 0.5) is 0 Å². The van der Waals surface area contributed by atoms with Crippen LogP contribution in [-0.2, 0) is 21.2 Å². The van der Waals surface area contributed by atoms with Crippen molar-refractivity contribution in [3.63, 3.8) is 0 Å². The Labute approximate surface area is 128 Å². The molecule has 1 N–H and O–H groups in total. The summed E-state index contributed by atoms with van der Waals surface area (Å²) in [6, 6.07) is 7.27. The Balaban J connectivity index is 1.97. The molecule has 0 atom stereocenters. The lowest BCUT2D eigenvalue weighted by molar-refractivity contribution is -0.119. The monoisotopic (exact) mass is 324 g/mol. The highest BCUT2D eigenvalue weighted by atomic mass is 32.2. The van der Waals surface area contributed by atoms with E-state index in [9.17, 15) is 13.2 Å². The average molecular weight is 324 g/mol. The number of sulfonamides is 1. The molecule has 1 heterocycles. The summed E-state index contributed by atoms with van der Waals surface area (Å²) in [6.45, 7) is 0. The number of rotatable bonds is 6. The Bertz CT molecular complexity index is 750. The van der Waals surface area contributed by atoms with E-state index in [0.29, 0.717) is 11.7 Å². The molecule has 1 aromatic carbocycles. The number of amides is 1. The predicted molar refractivity (Wildman–Crippen MR) is 79.8 cm³/mol. The number of carbonyl (C=O) groups excluding carboxylic acids is 1. The zero-order chi connectivity index (χ0) is 16.2. The van der Waals surface area contributed by atoms with Crippen LogP contribution in [0.3, 0.4) is 0 Å². The van der Waals surface area contributed by atoms with Gasteiger partial charge in [0.25, 0.3) is 0 Å². The van der Waals surface area contributed by atoms with Crippen LogP contribution in [0.5, 0.6) is 5.75 Å². The van der Waals surface area contributed by atoms with E-state index >= 15 is 0 Å². The number of nitrogens with zero attached hydrogens (tertiary/aromatic N) is 1. The SMILES string of the molecule is COc1ccc(-c2cnc(CCC(=O)NS(C)(=O)=O)o2)cc1. The Morgan fingerprint density at radius 1 is 1.32 bits per heavy atom. The molecule has 0 spiro atoms. The van der Waals surface area contributed by atoms with Crippen molar-refractivity contribution in [2.24, 2.45) is 0 Å². The van der Waals surface area contributed by atoms with Crippen LogP contribution in [-0.4, -0.2) is 32.7 Å². The lowest BCUT2D eigenvalue weighted by Gasteiger charge is -2.01. The minimum atomic E-state index is -3.53. The second kappa shape index (κ2) is 6.61. The number of benzene rings is 1. The maximum atomic E-state index is 11.4. The van der Waals surface area contributed by atoms with E-state index in [1.165, 1.54) is 0 Å². The van der Waals surface area contributed by atoms with Crippen LogP contribution >= 0.6 is 0 Å². The van der Waals surface area contributed by atoms with Crippen LogP contribution < -0.4 is 9.46 Å². The Morgan fingerprint density at radius 2 is 2.00 bits per heavy atom. The molecule has 8 heteroatoms. The molecular weight excluding hydrogens is 308 g/mol. The summed E-state index contributed by atoms with van der Waals surface area (Å²) in [5.41, 5.74) is 0.833. The fourth-order valence-electron chi connectivity index (χ4n) is 1.79. The third-order valence-electron chi connectivity index (χ3n) is 2.79. The first-order valence-corrected chi connectivity index (χ1v) is 8.36. The standard InChI is InChI=1S/C14H16N2O5S/c1-20-11-5-3-10(4-6-11)12-9-15-14(21-12)8-7-13(17)16-22(2,18)19/h3-6,9H,7-8H2,1-2H3,(H,16,17). The van der Waals surface area contributed by atoms with Crippen LogP contribution in [0.15, 0.2) is 34.9 Å². The maximum Gasteiger partial charge on any atom is 0.233 e. The molecule has 2 aromatic rings. The second-order valence-electron chi connectivity index (χ2n) is 4.64. The smallest absolute Gasteiger partial charge is 0.233 e. The maximum absolute atomic E-state index is 11.4. The van der Waals surface area contributed by atoms with Crippen LogP contribution in [0.1, 0.15) is 12.3 Å². The summed E-state index contributed by atoms with van der Waals surface area (Å²) in [5, 5.41) is 0. The molecule has 0 radical (unpaired) electrons. The van der Waals surface area contributed by atoms with Gasteiger partial charge in [0, 0.05) is 18.4 Å². The second-order valence-corrected chi connectivity index (χ2v) is 6.39. The van der Waals surface area contributed by atoms with Crippen molar-refractivity contribution in [2.45, 2.75) is 12.8 Å². The van der Waals surface area contributed by atoms with Crippen LogP contribution in [0, 0.1) is 0 Å². The zero-order valence-corrected chi connectivity index (χ0v) is 13.0. The van der Waals surface area contributed by atoms with Gasteiger partial charge in [0.05, 0.1) is 19.6 Å². The van der Waals surface area contributed by atoms with Crippen LogP contribution in [0.2, 0.25) is 0 Å². The molecule has 0 aliphatic heterocycles. The number of methoxy groups -OCH3 is 1. The third-order valence-corrected chi connectivity index (χ3v) is 3.39. The lowest BCUT2D eigenvalue weighted by Crippen LogP contribution is -2.29. The third kappa shape index (κ3) is 4.59. The van der Waals surface area contributed by atoms with E-state index in [-0.39, 0.29) is 12.8 Å². The number of oxazole rings is 1. The van der Waals surface area contributed by atoms with Gasteiger partial charge in [-0.15, -0.1) is 0 Å². The number of carbonyl (C=O) groups is 1. The summed E-state index contributed by atoms with van der Waals surface area (Å²) in [7, 11) is -1.95. The summed E-state index contributed by atoms with van der Waals surface area (Å²) in [4.78, 5) is 15.5. The Kier molecular flexibility index (Phi) is 4.81. The molecular formula is C14H16N2O5S. The normalized spacial score (nSPS) is 11.2. The van der Waals surface area contributed by atoms with Crippen molar-refractivity contribution < 1.29 is 22.4 Å². The Morgan fingerprint density at radius 3 is 2.59 bits per heavy atom. The number of aromatic nitrogens is 1. The summed E-state index contributed by atoms with van der Waals surface area (Å²) < 4.78 is 34.3. The molecule has 1 amide bonds. The van der Waals surface area contributed by atoms with Gasteiger partial charge in [-0.25, -0.2) is 13.4 Å². The first-order valence-electron chi connectivity index (χ1n) is 6.47.